The molecule has 1 heterocycles. The van der Waals surface area contributed by atoms with E-state index >= 15 is 0 Å². The summed E-state index contributed by atoms with van der Waals surface area (Å²) >= 11 is 12.1. The van der Waals surface area contributed by atoms with Gasteiger partial charge in [0.25, 0.3) is 0 Å². The van der Waals surface area contributed by atoms with Crippen LogP contribution >= 0.6 is 23.2 Å². The molecule has 3 rings (SSSR count). The second-order valence-corrected chi connectivity index (χ2v) is 7.05. The third-order valence-corrected chi connectivity index (χ3v) is 4.69. The second-order valence-electron chi connectivity index (χ2n) is 6.17. The fraction of sp³-hybridized carbons (Fsp3) is 0.200. The minimum atomic E-state index is 0.000977. The third-order valence-electron chi connectivity index (χ3n) is 4.20. The number of aromatic nitrogens is 2. The molecule has 0 amide bonds. The van der Waals surface area contributed by atoms with Crippen LogP contribution in [0, 0.1) is 0 Å². The van der Waals surface area contributed by atoms with E-state index in [1.165, 1.54) is 6.07 Å². The molecule has 0 bridgehead atoms. The van der Waals surface area contributed by atoms with Crippen LogP contribution in [-0.4, -0.2) is 27.7 Å². The molecule has 3 aromatic rings. The van der Waals surface area contributed by atoms with Crippen molar-refractivity contribution in [3.63, 3.8) is 0 Å². The second kappa shape index (κ2) is 8.57. The highest BCUT2D eigenvalue weighted by Crippen LogP contribution is 2.33. The fourth-order valence-electron chi connectivity index (χ4n) is 2.55. The molecular formula is C20H20Cl2N4O. The van der Waals surface area contributed by atoms with Crippen molar-refractivity contribution >= 4 is 29.0 Å². The van der Waals surface area contributed by atoms with Crippen LogP contribution in [0.2, 0.25) is 10.0 Å². The Morgan fingerprint density at radius 2 is 1.78 bits per heavy atom. The first kappa shape index (κ1) is 19.4. The first-order chi connectivity index (χ1) is 13.0. The zero-order valence-corrected chi connectivity index (χ0v) is 16.3. The zero-order chi connectivity index (χ0) is 19.4. The molecule has 5 nitrogen and oxygen atoms in total. The van der Waals surface area contributed by atoms with Crippen molar-refractivity contribution in [2.24, 2.45) is 5.73 Å². The van der Waals surface area contributed by atoms with Crippen molar-refractivity contribution in [1.29, 1.82) is 0 Å². The lowest BCUT2D eigenvalue weighted by Gasteiger charge is -2.15. The maximum atomic E-state index is 10.2. The average molecular weight is 403 g/mol. The SMILES string of the molecule is CC[C@@H](N)CNc1nc(-c2cc(Cl)ccc2O)ncc1-c1ccc(Cl)cc1. The van der Waals surface area contributed by atoms with Crippen LogP contribution in [-0.2, 0) is 0 Å². The molecule has 1 aromatic heterocycles. The molecular weight excluding hydrogens is 383 g/mol. The number of aromatic hydroxyl groups is 1. The number of benzene rings is 2. The molecule has 0 aliphatic heterocycles. The van der Waals surface area contributed by atoms with Gasteiger partial charge < -0.3 is 16.2 Å². The molecule has 7 heteroatoms. The molecule has 0 unspecified atom stereocenters. The Morgan fingerprint density at radius 1 is 1.07 bits per heavy atom. The van der Waals surface area contributed by atoms with E-state index in [9.17, 15) is 5.11 Å². The summed E-state index contributed by atoms with van der Waals surface area (Å²) in [6.07, 6.45) is 2.56. The molecule has 4 N–H and O–H groups in total. The number of anilines is 1. The van der Waals surface area contributed by atoms with Gasteiger partial charge in [0.1, 0.15) is 11.6 Å². The lowest BCUT2D eigenvalue weighted by Crippen LogP contribution is -2.28. The van der Waals surface area contributed by atoms with Crippen molar-refractivity contribution < 1.29 is 5.11 Å². The van der Waals surface area contributed by atoms with Crippen molar-refractivity contribution in [1.82, 2.24) is 9.97 Å². The van der Waals surface area contributed by atoms with Crippen LogP contribution in [0.15, 0.2) is 48.7 Å². The number of nitrogens with one attached hydrogen (secondary N) is 1. The normalized spacial score (nSPS) is 12.0. The van der Waals surface area contributed by atoms with Crippen LogP contribution < -0.4 is 11.1 Å². The van der Waals surface area contributed by atoms with Gasteiger partial charge in [0.05, 0.1) is 5.56 Å². The fourth-order valence-corrected chi connectivity index (χ4v) is 2.84. The van der Waals surface area contributed by atoms with E-state index < -0.39 is 0 Å². The zero-order valence-electron chi connectivity index (χ0n) is 14.8. The van der Waals surface area contributed by atoms with E-state index in [1.54, 1.807) is 18.3 Å². The first-order valence-corrected chi connectivity index (χ1v) is 9.35. The molecule has 2 aromatic carbocycles. The monoisotopic (exact) mass is 402 g/mol. The first-order valence-electron chi connectivity index (χ1n) is 8.59. The molecule has 140 valence electrons. The van der Waals surface area contributed by atoms with Crippen LogP contribution in [0.3, 0.4) is 0 Å². The van der Waals surface area contributed by atoms with E-state index in [0.717, 1.165) is 17.5 Å². The van der Waals surface area contributed by atoms with Crippen LogP contribution in [0.5, 0.6) is 5.75 Å². The van der Waals surface area contributed by atoms with Crippen molar-refractivity contribution in [3.05, 3.63) is 58.7 Å². The molecule has 0 fully saturated rings. The van der Waals surface area contributed by atoms with E-state index in [0.29, 0.717) is 33.8 Å². The Bertz CT molecular complexity index is 932. The predicted octanol–water partition coefficient (Wildman–Crippen LogP) is 4.97. The van der Waals surface area contributed by atoms with Crippen molar-refractivity contribution in [2.75, 3.05) is 11.9 Å². The Hall–Kier alpha value is -2.34. The Morgan fingerprint density at radius 3 is 2.48 bits per heavy atom. The van der Waals surface area contributed by atoms with Gasteiger partial charge in [-0.2, -0.15) is 0 Å². The van der Waals surface area contributed by atoms with Gasteiger partial charge in [-0.05, 0) is 42.3 Å². The highest BCUT2D eigenvalue weighted by Gasteiger charge is 2.14. The Balaban J connectivity index is 2.05. The lowest BCUT2D eigenvalue weighted by atomic mass is 10.1. The standard InChI is InChI=1S/C20H20Cl2N4O/c1-2-15(23)10-24-20-17(12-3-5-13(21)6-4-12)11-25-19(26-20)16-9-14(22)7-8-18(16)27/h3-9,11,15,27H,2,10,23H2,1H3,(H,24,25,26)/t15-/m1/s1. The van der Waals surface area contributed by atoms with Gasteiger partial charge in [-0.15, -0.1) is 0 Å². The largest absolute Gasteiger partial charge is 0.507 e. The quantitative estimate of drug-likeness (QED) is 0.541. The van der Waals surface area contributed by atoms with Crippen LogP contribution in [0.4, 0.5) is 5.82 Å². The molecule has 0 aliphatic rings. The lowest BCUT2D eigenvalue weighted by molar-refractivity contribution is 0.477. The Kier molecular flexibility index (Phi) is 6.16. The minimum absolute atomic E-state index is 0.000977. The number of hydrogen-bond acceptors (Lipinski definition) is 5. The van der Waals surface area contributed by atoms with Gasteiger partial charge >= 0.3 is 0 Å². The van der Waals surface area contributed by atoms with Gasteiger partial charge in [-0.1, -0.05) is 42.3 Å². The number of rotatable bonds is 6. The molecule has 0 aliphatic carbocycles. The van der Waals surface area contributed by atoms with Crippen molar-refractivity contribution in [2.45, 2.75) is 19.4 Å². The number of phenols is 1. The van der Waals surface area contributed by atoms with Gasteiger partial charge in [-0.3, -0.25) is 0 Å². The smallest absolute Gasteiger partial charge is 0.165 e. The topological polar surface area (TPSA) is 84.1 Å². The van der Waals surface area contributed by atoms with E-state index in [2.05, 4.69) is 15.3 Å². The van der Waals surface area contributed by atoms with Gasteiger partial charge in [0.2, 0.25) is 0 Å². The summed E-state index contributed by atoms with van der Waals surface area (Å²) in [5, 5.41) is 14.6. The number of halogens is 2. The summed E-state index contributed by atoms with van der Waals surface area (Å²) in [7, 11) is 0. The van der Waals surface area contributed by atoms with E-state index in [1.807, 2.05) is 31.2 Å². The molecule has 0 saturated heterocycles. The summed E-state index contributed by atoms with van der Waals surface area (Å²) in [4.78, 5) is 9.04. The van der Waals surface area contributed by atoms with Crippen LogP contribution in [0.1, 0.15) is 13.3 Å². The van der Waals surface area contributed by atoms with Crippen LogP contribution in [0.25, 0.3) is 22.5 Å². The maximum absolute atomic E-state index is 10.2. The predicted molar refractivity (Wildman–Crippen MR) is 111 cm³/mol. The molecule has 0 saturated carbocycles. The number of nitrogens with two attached hydrogens (primary N) is 1. The van der Waals surface area contributed by atoms with E-state index in [4.69, 9.17) is 28.9 Å². The summed E-state index contributed by atoms with van der Waals surface area (Å²) in [6, 6.07) is 12.2. The average Bonchev–Trinajstić information content (AvgIpc) is 2.68. The minimum Gasteiger partial charge on any atom is -0.507 e. The highest BCUT2D eigenvalue weighted by atomic mass is 35.5. The number of hydrogen-bond donors (Lipinski definition) is 3. The van der Waals surface area contributed by atoms with E-state index in [-0.39, 0.29) is 11.8 Å². The van der Waals surface area contributed by atoms with Gasteiger partial charge in [0, 0.05) is 34.4 Å². The summed E-state index contributed by atoms with van der Waals surface area (Å²) in [6.45, 7) is 2.59. The third kappa shape index (κ3) is 4.69. The summed E-state index contributed by atoms with van der Waals surface area (Å²) in [5.41, 5.74) is 8.25. The molecule has 27 heavy (non-hydrogen) atoms. The number of phenolic OH excluding ortho intramolecular Hbond substituents is 1. The van der Waals surface area contributed by atoms with Gasteiger partial charge in [0.15, 0.2) is 5.82 Å². The summed E-state index contributed by atoms with van der Waals surface area (Å²) in [5.74, 6) is 1.07. The molecule has 1 atom stereocenters. The number of nitrogens with zero attached hydrogens (tertiary/aromatic N) is 2. The van der Waals surface area contributed by atoms with Crippen molar-refractivity contribution in [3.8, 4) is 28.3 Å². The summed E-state index contributed by atoms with van der Waals surface area (Å²) < 4.78 is 0. The Labute approximate surface area is 168 Å². The molecule has 0 spiro atoms. The molecule has 0 radical (unpaired) electrons. The van der Waals surface area contributed by atoms with Gasteiger partial charge in [-0.25, -0.2) is 9.97 Å². The maximum Gasteiger partial charge on any atom is 0.165 e. The highest BCUT2D eigenvalue weighted by molar-refractivity contribution is 6.31.